The molecule has 0 aliphatic carbocycles. The van der Waals surface area contributed by atoms with Crippen LogP contribution in [0.4, 0.5) is 0 Å². The second-order valence-electron chi connectivity index (χ2n) is 3.65. The lowest BCUT2D eigenvalue weighted by atomic mass is 9.90. The maximum absolute atomic E-state index is 11.2. The minimum atomic E-state index is -0.800. The summed E-state index contributed by atoms with van der Waals surface area (Å²) in [5.74, 6) is -0.347. The van der Waals surface area contributed by atoms with Crippen molar-refractivity contribution in [2.75, 3.05) is 7.11 Å². The summed E-state index contributed by atoms with van der Waals surface area (Å²) in [7, 11) is 1.34. The van der Waals surface area contributed by atoms with Crippen molar-refractivity contribution in [3.8, 4) is 0 Å². The van der Waals surface area contributed by atoms with E-state index in [-0.39, 0.29) is 12.4 Å². The molecule has 15 heavy (non-hydrogen) atoms. The Morgan fingerprint density at radius 3 is 2.67 bits per heavy atom. The first kappa shape index (κ1) is 12.0. The van der Waals surface area contributed by atoms with Gasteiger partial charge in [0.1, 0.15) is 0 Å². The highest BCUT2D eigenvalue weighted by molar-refractivity contribution is 6.31. The fourth-order valence-corrected chi connectivity index (χ4v) is 1.74. The molecule has 0 bridgehead atoms. The zero-order chi connectivity index (χ0) is 11.5. The Hall–Kier alpha value is -1.06. The van der Waals surface area contributed by atoms with Crippen LogP contribution in [0.15, 0.2) is 24.3 Å². The first-order chi connectivity index (χ1) is 6.97. The molecule has 0 amide bonds. The third-order valence-electron chi connectivity index (χ3n) is 2.23. The average Bonchev–Trinajstić information content (AvgIpc) is 2.17. The van der Waals surface area contributed by atoms with Gasteiger partial charge >= 0.3 is 5.97 Å². The quantitative estimate of drug-likeness (QED) is 0.805. The Kier molecular flexibility index (Phi) is 3.72. The highest BCUT2D eigenvalue weighted by Gasteiger charge is 2.27. The fraction of sp³-hybridized carbons (Fsp3) is 0.364. The second-order valence-corrected chi connectivity index (χ2v) is 4.06. The van der Waals surface area contributed by atoms with E-state index in [1.807, 2.05) is 18.2 Å². The van der Waals surface area contributed by atoms with Crippen LogP contribution in [0.25, 0.3) is 0 Å². The van der Waals surface area contributed by atoms with Gasteiger partial charge in [-0.15, -0.1) is 0 Å². The molecule has 0 saturated heterocycles. The summed E-state index contributed by atoms with van der Waals surface area (Å²) >= 11 is 6.00. The van der Waals surface area contributed by atoms with Crippen molar-refractivity contribution in [1.82, 2.24) is 0 Å². The van der Waals surface area contributed by atoms with Crippen LogP contribution >= 0.6 is 11.6 Å². The Bertz CT molecular complexity index is 363. The fourth-order valence-electron chi connectivity index (χ4n) is 1.39. The zero-order valence-corrected chi connectivity index (χ0v) is 9.54. The number of carbonyl (C=O) groups excluding carboxylic acids is 1. The van der Waals surface area contributed by atoms with Gasteiger partial charge in [-0.3, -0.25) is 4.79 Å². The molecule has 1 atom stereocenters. The SMILES string of the molecule is COC(=O)CC(C)(N)c1ccccc1Cl. The van der Waals surface area contributed by atoms with Crippen molar-refractivity contribution in [3.63, 3.8) is 0 Å². The highest BCUT2D eigenvalue weighted by atomic mass is 35.5. The molecular formula is C11H14ClNO2. The van der Waals surface area contributed by atoms with Crippen LogP contribution in [0.1, 0.15) is 18.9 Å². The Balaban J connectivity index is 2.95. The average molecular weight is 228 g/mol. The lowest BCUT2D eigenvalue weighted by Crippen LogP contribution is -2.36. The van der Waals surface area contributed by atoms with Crippen LogP contribution in [-0.4, -0.2) is 13.1 Å². The van der Waals surface area contributed by atoms with E-state index < -0.39 is 5.54 Å². The van der Waals surface area contributed by atoms with E-state index in [1.165, 1.54) is 7.11 Å². The maximum Gasteiger partial charge on any atom is 0.307 e. The number of ether oxygens (including phenoxy) is 1. The molecule has 0 spiro atoms. The van der Waals surface area contributed by atoms with Crippen molar-refractivity contribution < 1.29 is 9.53 Å². The van der Waals surface area contributed by atoms with Crippen LogP contribution in [0.3, 0.4) is 0 Å². The standard InChI is InChI=1S/C11H14ClNO2/c1-11(13,7-10(14)15-2)8-5-3-4-6-9(8)12/h3-6H,7,13H2,1-2H3. The van der Waals surface area contributed by atoms with Gasteiger partial charge in [0.15, 0.2) is 0 Å². The van der Waals surface area contributed by atoms with Crippen molar-refractivity contribution >= 4 is 17.6 Å². The molecule has 3 nitrogen and oxygen atoms in total. The maximum atomic E-state index is 11.2. The van der Waals surface area contributed by atoms with E-state index in [4.69, 9.17) is 17.3 Å². The molecule has 0 fully saturated rings. The molecule has 1 rings (SSSR count). The van der Waals surface area contributed by atoms with Crippen molar-refractivity contribution in [3.05, 3.63) is 34.9 Å². The van der Waals surface area contributed by atoms with E-state index in [1.54, 1.807) is 13.0 Å². The van der Waals surface area contributed by atoms with E-state index in [0.29, 0.717) is 5.02 Å². The van der Waals surface area contributed by atoms with Crippen LogP contribution < -0.4 is 5.73 Å². The molecule has 4 heteroatoms. The monoisotopic (exact) mass is 227 g/mol. The summed E-state index contributed by atoms with van der Waals surface area (Å²) in [5.41, 5.74) is 5.98. The van der Waals surface area contributed by atoms with E-state index in [0.717, 1.165) is 5.56 Å². The zero-order valence-electron chi connectivity index (χ0n) is 8.79. The smallest absolute Gasteiger partial charge is 0.307 e. The van der Waals surface area contributed by atoms with E-state index in [9.17, 15) is 4.79 Å². The van der Waals surface area contributed by atoms with Gasteiger partial charge in [-0.25, -0.2) is 0 Å². The number of methoxy groups -OCH3 is 1. The molecule has 0 aliphatic heterocycles. The van der Waals surface area contributed by atoms with Crippen LogP contribution in [0.2, 0.25) is 5.02 Å². The summed E-state index contributed by atoms with van der Waals surface area (Å²) in [4.78, 5) is 11.2. The molecule has 1 unspecified atom stereocenters. The third-order valence-corrected chi connectivity index (χ3v) is 2.56. The van der Waals surface area contributed by atoms with Gasteiger partial charge in [0, 0.05) is 5.02 Å². The first-order valence-corrected chi connectivity index (χ1v) is 4.96. The van der Waals surface area contributed by atoms with Crippen molar-refractivity contribution in [1.29, 1.82) is 0 Å². The number of carbonyl (C=O) groups is 1. The minimum Gasteiger partial charge on any atom is -0.469 e. The summed E-state index contributed by atoms with van der Waals surface area (Å²) < 4.78 is 4.59. The molecule has 82 valence electrons. The summed E-state index contributed by atoms with van der Waals surface area (Å²) in [6, 6.07) is 7.22. The van der Waals surface area contributed by atoms with Gasteiger partial charge in [0.2, 0.25) is 0 Å². The van der Waals surface area contributed by atoms with E-state index in [2.05, 4.69) is 4.74 Å². The summed E-state index contributed by atoms with van der Waals surface area (Å²) in [6.07, 6.45) is 0.104. The van der Waals surface area contributed by atoms with Crippen molar-refractivity contribution in [2.24, 2.45) is 5.73 Å². The molecular weight excluding hydrogens is 214 g/mol. The summed E-state index contributed by atoms with van der Waals surface area (Å²) in [5, 5.41) is 0.561. The third kappa shape index (κ3) is 2.94. The number of esters is 1. The first-order valence-electron chi connectivity index (χ1n) is 4.58. The second kappa shape index (κ2) is 4.64. The topological polar surface area (TPSA) is 52.3 Å². The summed E-state index contributed by atoms with van der Waals surface area (Å²) in [6.45, 7) is 1.76. The lowest BCUT2D eigenvalue weighted by Gasteiger charge is -2.24. The predicted octanol–water partition coefficient (Wildman–Crippen LogP) is 2.08. The Morgan fingerprint density at radius 2 is 2.13 bits per heavy atom. The van der Waals surface area contributed by atoms with Crippen LogP contribution in [-0.2, 0) is 15.1 Å². The number of halogens is 1. The molecule has 0 heterocycles. The van der Waals surface area contributed by atoms with Gasteiger partial charge in [0.05, 0.1) is 19.1 Å². The largest absolute Gasteiger partial charge is 0.469 e. The van der Waals surface area contributed by atoms with Gasteiger partial charge in [0.25, 0.3) is 0 Å². The Morgan fingerprint density at radius 1 is 1.53 bits per heavy atom. The molecule has 1 aromatic rings. The van der Waals surface area contributed by atoms with Crippen molar-refractivity contribution in [2.45, 2.75) is 18.9 Å². The molecule has 0 radical (unpaired) electrons. The minimum absolute atomic E-state index is 0.104. The number of hydrogen-bond donors (Lipinski definition) is 1. The highest BCUT2D eigenvalue weighted by Crippen LogP contribution is 2.28. The van der Waals surface area contributed by atoms with E-state index >= 15 is 0 Å². The Labute approximate surface area is 94.2 Å². The number of rotatable bonds is 3. The number of benzene rings is 1. The molecule has 1 aromatic carbocycles. The van der Waals surface area contributed by atoms with Gasteiger partial charge in [-0.2, -0.15) is 0 Å². The molecule has 0 aromatic heterocycles. The number of hydrogen-bond acceptors (Lipinski definition) is 3. The molecule has 0 saturated carbocycles. The van der Waals surface area contributed by atoms with Gasteiger partial charge < -0.3 is 10.5 Å². The normalized spacial score (nSPS) is 14.4. The van der Waals surface area contributed by atoms with Gasteiger partial charge in [-0.1, -0.05) is 29.8 Å². The number of nitrogens with two attached hydrogens (primary N) is 1. The predicted molar refractivity (Wildman–Crippen MR) is 59.6 cm³/mol. The van der Waals surface area contributed by atoms with Crippen LogP contribution in [0, 0.1) is 0 Å². The van der Waals surface area contributed by atoms with Crippen LogP contribution in [0.5, 0.6) is 0 Å². The molecule has 2 N–H and O–H groups in total. The van der Waals surface area contributed by atoms with Gasteiger partial charge in [-0.05, 0) is 18.6 Å². The lowest BCUT2D eigenvalue weighted by molar-refractivity contribution is -0.141. The molecule has 0 aliphatic rings.